The van der Waals surface area contributed by atoms with Crippen LogP contribution in [0.15, 0.2) is 30.6 Å². The number of nitrogens with zero attached hydrogens (tertiary/aromatic N) is 8. The molecule has 36 heavy (non-hydrogen) atoms. The van der Waals surface area contributed by atoms with Crippen molar-refractivity contribution in [2.24, 2.45) is 11.3 Å². The van der Waals surface area contributed by atoms with Gasteiger partial charge in [-0.3, -0.25) is 14.5 Å². The molecule has 2 aromatic heterocycles. The molecule has 0 unspecified atom stereocenters. The second-order valence-corrected chi connectivity index (χ2v) is 11.3. The second kappa shape index (κ2) is 7.82. The average Bonchev–Trinajstić information content (AvgIpc) is 3.58. The highest BCUT2D eigenvalue weighted by Crippen LogP contribution is 2.46. The molecule has 3 aromatic rings. The van der Waals surface area contributed by atoms with Crippen LogP contribution in [0, 0.1) is 18.3 Å². The Morgan fingerprint density at radius 1 is 1.03 bits per heavy atom. The highest BCUT2D eigenvalue weighted by atomic mass is 35.5. The lowest BCUT2D eigenvalue weighted by atomic mass is 9.73. The van der Waals surface area contributed by atoms with Crippen LogP contribution in [0.2, 0.25) is 5.02 Å². The van der Waals surface area contributed by atoms with Gasteiger partial charge in [-0.25, -0.2) is 13.8 Å². The zero-order valence-corrected chi connectivity index (χ0v) is 20.8. The first-order valence-electron chi connectivity index (χ1n) is 12.4. The summed E-state index contributed by atoms with van der Waals surface area (Å²) < 4.78 is 31.5. The maximum Gasteiger partial charge on any atom is 0.263 e. The number of aryl methyl sites for hydroxylation is 1. The first-order chi connectivity index (χ1) is 17.3. The van der Waals surface area contributed by atoms with Crippen LogP contribution in [0.4, 0.5) is 20.5 Å². The van der Waals surface area contributed by atoms with Gasteiger partial charge >= 0.3 is 0 Å². The minimum atomic E-state index is -2.70. The summed E-state index contributed by atoms with van der Waals surface area (Å²) in [7, 11) is 0. The molecule has 3 fully saturated rings. The van der Waals surface area contributed by atoms with E-state index in [0.717, 1.165) is 54.9 Å². The van der Waals surface area contributed by atoms with Crippen molar-refractivity contribution in [1.29, 1.82) is 0 Å². The predicted octanol–water partition coefficient (Wildman–Crippen LogP) is 3.71. The van der Waals surface area contributed by atoms with Gasteiger partial charge in [-0.15, -0.1) is 10.2 Å². The maximum absolute atomic E-state index is 14.7. The Bertz CT molecular complexity index is 1330. The Hall–Kier alpha value is -2.85. The lowest BCUT2D eigenvalue weighted by Gasteiger charge is -2.60. The standard InChI is InChI=1S/C25H27ClF2N8/c1-16-22(30-7-6-29-16)34-11-24(12-34)13-35(14-24)23-32-31-21-10-33(15-25(27,28)18-2-3-18)9-17-8-19(26)4-5-20(17)36(21)23/h4-8,18H,2-3,9-15H2,1H3. The Labute approximate surface area is 212 Å². The normalized spacial score (nSPS) is 21.0. The summed E-state index contributed by atoms with van der Waals surface area (Å²) in [5, 5.41) is 9.60. The molecule has 0 N–H and O–H groups in total. The van der Waals surface area contributed by atoms with Gasteiger partial charge in [0.25, 0.3) is 5.92 Å². The van der Waals surface area contributed by atoms with Gasteiger partial charge in [0.2, 0.25) is 5.95 Å². The van der Waals surface area contributed by atoms with E-state index in [4.69, 9.17) is 11.6 Å². The number of aromatic nitrogens is 5. The number of fused-ring (bicyclic) bond motifs is 3. The SMILES string of the molecule is Cc1nccnc1N1CC2(C1)CN(c1nnc3n1-c1ccc(Cl)cc1CN(CC(F)(F)C1CC1)C3)C2. The molecule has 1 aliphatic carbocycles. The number of anilines is 2. The molecule has 8 nitrogen and oxygen atoms in total. The minimum absolute atomic E-state index is 0.197. The van der Waals surface area contributed by atoms with Crippen LogP contribution < -0.4 is 9.80 Å². The van der Waals surface area contributed by atoms with Crippen LogP contribution in [0.3, 0.4) is 0 Å². The summed E-state index contributed by atoms with van der Waals surface area (Å²) in [6.45, 7) is 6.02. The third kappa shape index (κ3) is 3.64. The molecule has 0 atom stereocenters. The van der Waals surface area contributed by atoms with Crippen molar-refractivity contribution in [3.8, 4) is 5.69 Å². The van der Waals surface area contributed by atoms with Crippen molar-refractivity contribution < 1.29 is 8.78 Å². The van der Waals surface area contributed by atoms with E-state index in [0.29, 0.717) is 36.8 Å². The molecule has 1 aromatic carbocycles. The summed E-state index contributed by atoms with van der Waals surface area (Å²) in [4.78, 5) is 15.2. The Kier molecular flexibility index (Phi) is 4.86. The van der Waals surface area contributed by atoms with Crippen molar-refractivity contribution in [2.45, 2.75) is 38.8 Å². The summed E-state index contributed by atoms with van der Waals surface area (Å²) in [5.74, 6) is -0.795. The van der Waals surface area contributed by atoms with Gasteiger partial charge in [-0.05, 0) is 43.5 Å². The van der Waals surface area contributed by atoms with Crippen LogP contribution in [-0.4, -0.2) is 68.3 Å². The van der Waals surface area contributed by atoms with Gasteiger partial charge in [0, 0.05) is 61.5 Å². The van der Waals surface area contributed by atoms with Gasteiger partial charge < -0.3 is 9.80 Å². The minimum Gasteiger partial charge on any atom is -0.354 e. The fourth-order valence-electron chi connectivity index (χ4n) is 6.03. The van der Waals surface area contributed by atoms with E-state index in [1.54, 1.807) is 17.3 Å². The van der Waals surface area contributed by atoms with Crippen molar-refractivity contribution in [1.82, 2.24) is 29.6 Å². The molecule has 1 spiro atoms. The van der Waals surface area contributed by atoms with Gasteiger partial charge in [0.1, 0.15) is 5.82 Å². The van der Waals surface area contributed by atoms with Crippen LogP contribution in [0.25, 0.3) is 5.69 Å². The van der Waals surface area contributed by atoms with E-state index in [1.165, 1.54) is 0 Å². The lowest BCUT2D eigenvalue weighted by molar-refractivity contribution is -0.0558. The molecule has 11 heteroatoms. The van der Waals surface area contributed by atoms with E-state index in [2.05, 4.69) is 30.0 Å². The van der Waals surface area contributed by atoms with Crippen molar-refractivity contribution in [2.75, 3.05) is 42.5 Å². The average molecular weight is 513 g/mol. The Balaban J connectivity index is 1.13. The molecule has 0 bridgehead atoms. The van der Waals surface area contributed by atoms with E-state index >= 15 is 0 Å². The quantitative estimate of drug-likeness (QED) is 0.516. The lowest BCUT2D eigenvalue weighted by Crippen LogP contribution is -2.73. The molecule has 5 heterocycles. The highest BCUT2D eigenvalue weighted by molar-refractivity contribution is 6.30. The molecule has 0 amide bonds. The molecular formula is C25H27ClF2N8. The van der Waals surface area contributed by atoms with Crippen LogP contribution in [0.1, 0.15) is 29.9 Å². The number of rotatable bonds is 5. The van der Waals surface area contributed by atoms with Crippen molar-refractivity contribution >= 4 is 23.4 Å². The zero-order valence-electron chi connectivity index (χ0n) is 20.0. The number of halogens is 3. The molecule has 3 aliphatic heterocycles. The van der Waals surface area contributed by atoms with E-state index in [9.17, 15) is 8.78 Å². The first-order valence-corrected chi connectivity index (χ1v) is 12.8. The predicted molar refractivity (Wildman–Crippen MR) is 132 cm³/mol. The van der Waals surface area contributed by atoms with Crippen LogP contribution in [-0.2, 0) is 13.1 Å². The first kappa shape index (κ1) is 22.4. The Morgan fingerprint density at radius 3 is 2.53 bits per heavy atom. The number of alkyl halides is 2. The van der Waals surface area contributed by atoms with E-state index in [1.807, 2.05) is 29.7 Å². The van der Waals surface area contributed by atoms with Gasteiger partial charge in [0.05, 0.1) is 24.5 Å². The van der Waals surface area contributed by atoms with Crippen molar-refractivity contribution in [3.63, 3.8) is 0 Å². The van der Waals surface area contributed by atoms with E-state index < -0.39 is 11.8 Å². The summed E-state index contributed by atoms with van der Waals surface area (Å²) in [6.07, 6.45) is 4.66. The molecular weight excluding hydrogens is 486 g/mol. The molecule has 4 aliphatic rings. The molecule has 188 valence electrons. The van der Waals surface area contributed by atoms with Crippen molar-refractivity contribution in [3.05, 3.63) is 52.7 Å². The largest absolute Gasteiger partial charge is 0.354 e. The summed E-state index contributed by atoms with van der Waals surface area (Å²) in [5.41, 5.74) is 2.97. The number of hydrogen-bond donors (Lipinski definition) is 0. The fourth-order valence-corrected chi connectivity index (χ4v) is 6.22. The van der Waals surface area contributed by atoms with E-state index in [-0.39, 0.29) is 12.0 Å². The number of hydrogen-bond acceptors (Lipinski definition) is 7. The molecule has 2 saturated heterocycles. The Morgan fingerprint density at radius 2 is 1.78 bits per heavy atom. The monoisotopic (exact) mass is 512 g/mol. The second-order valence-electron chi connectivity index (χ2n) is 10.9. The van der Waals surface area contributed by atoms with Gasteiger partial charge in [0.15, 0.2) is 5.82 Å². The smallest absolute Gasteiger partial charge is 0.263 e. The zero-order chi connectivity index (χ0) is 24.7. The molecule has 7 rings (SSSR count). The van der Waals surface area contributed by atoms with Crippen LogP contribution >= 0.6 is 11.6 Å². The molecule has 0 radical (unpaired) electrons. The maximum atomic E-state index is 14.7. The number of benzene rings is 1. The molecule has 1 saturated carbocycles. The van der Waals surface area contributed by atoms with Gasteiger partial charge in [-0.2, -0.15) is 0 Å². The summed E-state index contributed by atoms with van der Waals surface area (Å²) in [6, 6.07) is 5.67. The van der Waals surface area contributed by atoms with Gasteiger partial charge in [-0.1, -0.05) is 11.6 Å². The highest BCUT2D eigenvalue weighted by Gasteiger charge is 2.54. The third-order valence-corrected chi connectivity index (χ3v) is 8.14. The fraction of sp³-hybridized carbons (Fsp3) is 0.520. The summed E-state index contributed by atoms with van der Waals surface area (Å²) >= 11 is 6.32. The topological polar surface area (TPSA) is 66.2 Å². The third-order valence-electron chi connectivity index (χ3n) is 7.91. The van der Waals surface area contributed by atoms with Crippen LogP contribution in [0.5, 0.6) is 0 Å².